The number of hydrogen-bond acceptors (Lipinski definition) is 8. The number of ether oxygens (including phenoxy) is 4. The van der Waals surface area contributed by atoms with E-state index in [1.807, 2.05) is 43.3 Å². The van der Waals surface area contributed by atoms with Crippen molar-refractivity contribution in [2.24, 2.45) is 0 Å². The van der Waals surface area contributed by atoms with E-state index in [-0.39, 0.29) is 19.1 Å². The van der Waals surface area contributed by atoms with Crippen LogP contribution in [-0.2, 0) is 4.79 Å². The van der Waals surface area contributed by atoms with Crippen molar-refractivity contribution in [3.63, 3.8) is 0 Å². The van der Waals surface area contributed by atoms with Crippen LogP contribution in [0.3, 0.4) is 0 Å². The molecule has 0 aliphatic heterocycles. The Hall–Kier alpha value is -4.34. The molecule has 0 bridgehead atoms. The summed E-state index contributed by atoms with van der Waals surface area (Å²) in [5, 5.41) is 15.6. The van der Waals surface area contributed by atoms with Crippen molar-refractivity contribution in [1.29, 1.82) is 0 Å². The van der Waals surface area contributed by atoms with E-state index in [1.165, 1.54) is 0 Å². The van der Waals surface area contributed by atoms with Crippen LogP contribution in [0.4, 0.5) is 0 Å². The summed E-state index contributed by atoms with van der Waals surface area (Å²) in [6, 6.07) is 18.1. The lowest BCUT2D eigenvalue weighted by Gasteiger charge is -2.09. The number of hydrogen-bond donors (Lipinski definition) is 1. The molecule has 10 heteroatoms. The van der Waals surface area contributed by atoms with Gasteiger partial charge in [-0.15, -0.1) is 15.3 Å². The van der Waals surface area contributed by atoms with Gasteiger partial charge < -0.3 is 24.3 Å². The molecule has 2 aromatic heterocycles. The molecule has 0 unspecified atom stereocenters. The van der Waals surface area contributed by atoms with Gasteiger partial charge in [0.1, 0.15) is 23.9 Å². The Morgan fingerprint density at radius 3 is 2.29 bits per heavy atom. The first-order valence-corrected chi connectivity index (χ1v) is 11.3. The maximum Gasteiger partial charge on any atom is 0.258 e. The molecule has 1 N–H and O–H groups in total. The third-order valence-electron chi connectivity index (χ3n) is 4.93. The van der Waals surface area contributed by atoms with Crippen molar-refractivity contribution in [1.82, 2.24) is 25.1 Å². The lowest BCUT2D eigenvalue weighted by atomic mass is 10.2. The second kappa shape index (κ2) is 11.7. The highest BCUT2D eigenvalue weighted by Gasteiger charge is 2.11. The molecule has 0 saturated heterocycles. The van der Waals surface area contributed by atoms with Gasteiger partial charge in [-0.2, -0.15) is 4.52 Å². The molecule has 10 nitrogen and oxygen atoms in total. The molecule has 0 aliphatic carbocycles. The van der Waals surface area contributed by atoms with Gasteiger partial charge in [0.05, 0.1) is 20.3 Å². The molecule has 0 aliphatic rings. The average molecular weight is 478 g/mol. The van der Waals surface area contributed by atoms with Crippen molar-refractivity contribution >= 4 is 11.6 Å². The maximum absolute atomic E-state index is 12.1. The number of benzene rings is 2. The summed E-state index contributed by atoms with van der Waals surface area (Å²) >= 11 is 0. The monoisotopic (exact) mass is 477 g/mol. The normalized spacial score (nSPS) is 10.7. The van der Waals surface area contributed by atoms with Crippen LogP contribution in [0.2, 0.25) is 0 Å². The molecule has 0 spiro atoms. The Morgan fingerprint density at radius 1 is 0.857 bits per heavy atom. The van der Waals surface area contributed by atoms with Crippen LogP contribution in [0.25, 0.3) is 17.0 Å². The minimum absolute atomic E-state index is 0.0920. The summed E-state index contributed by atoms with van der Waals surface area (Å²) in [5.41, 5.74) is 1.44. The van der Waals surface area contributed by atoms with Crippen LogP contribution < -0.4 is 24.3 Å². The fourth-order valence-electron chi connectivity index (χ4n) is 3.17. The molecule has 0 atom stereocenters. The molecule has 4 aromatic rings. The van der Waals surface area contributed by atoms with Crippen LogP contribution in [-0.4, -0.2) is 59.2 Å². The lowest BCUT2D eigenvalue weighted by Crippen LogP contribution is -2.32. The Morgan fingerprint density at radius 2 is 1.57 bits per heavy atom. The molecule has 2 aromatic carbocycles. The highest BCUT2D eigenvalue weighted by atomic mass is 16.5. The third-order valence-corrected chi connectivity index (χ3v) is 4.93. The van der Waals surface area contributed by atoms with Crippen LogP contribution >= 0.6 is 0 Å². The maximum atomic E-state index is 12.1. The summed E-state index contributed by atoms with van der Waals surface area (Å²) < 4.78 is 23.5. The number of fused-ring (bicyclic) bond motifs is 1. The second-order valence-corrected chi connectivity index (χ2v) is 7.50. The highest BCUT2D eigenvalue weighted by molar-refractivity contribution is 5.77. The first-order valence-electron chi connectivity index (χ1n) is 11.3. The van der Waals surface area contributed by atoms with Gasteiger partial charge in [-0.05, 0) is 61.0 Å². The fraction of sp³-hybridized carbons (Fsp3) is 0.280. The summed E-state index contributed by atoms with van der Waals surface area (Å²) in [6.07, 6.45) is 0.943. The Balaban J connectivity index is 1.24. The van der Waals surface area contributed by atoms with Crippen LogP contribution in [0.5, 0.6) is 23.1 Å². The van der Waals surface area contributed by atoms with Gasteiger partial charge in [0.2, 0.25) is 5.88 Å². The lowest BCUT2D eigenvalue weighted by molar-refractivity contribution is -0.123. The van der Waals surface area contributed by atoms with Crippen molar-refractivity contribution in [2.75, 3.05) is 33.5 Å². The average Bonchev–Trinajstić information content (AvgIpc) is 3.32. The molecule has 182 valence electrons. The molecular formula is C25H27N5O5. The van der Waals surface area contributed by atoms with E-state index in [0.29, 0.717) is 36.3 Å². The zero-order chi connectivity index (χ0) is 24.5. The van der Waals surface area contributed by atoms with E-state index in [9.17, 15) is 4.79 Å². The molecule has 2 heterocycles. The Kier molecular flexibility index (Phi) is 7.95. The highest BCUT2D eigenvalue weighted by Crippen LogP contribution is 2.22. The Bertz CT molecular complexity index is 1240. The molecule has 0 fully saturated rings. The summed E-state index contributed by atoms with van der Waals surface area (Å²) in [6.45, 7) is 3.17. The van der Waals surface area contributed by atoms with Gasteiger partial charge in [-0.25, -0.2) is 0 Å². The van der Waals surface area contributed by atoms with Crippen LogP contribution in [0.15, 0.2) is 60.7 Å². The zero-order valence-corrected chi connectivity index (χ0v) is 19.6. The molecule has 0 saturated carbocycles. The predicted octanol–water partition coefficient (Wildman–Crippen LogP) is 3.16. The van der Waals surface area contributed by atoms with Gasteiger partial charge >= 0.3 is 0 Å². The number of methoxy groups -OCH3 is 1. The number of carbonyl (C=O) groups excluding carboxylic acids is 1. The minimum Gasteiger partial charge on any atom is -0.497 e. The number of nitrogens with zero attached hydrogens (tertiary/aromatic N) is 4. The Labute approximate surface area is 202 Å². The zero-order valence-electron chi connectivity index (χ0n) is 19.6. The topological polar surface area (TPSA) is 109 Å². The summed E-state index contributed by atoms with van der Waals surface area (Å²) in [5.74, 6) is 2.85. The summed E-state index contributed by atoms with van der Waals surface area (Å²) in [7, 11) is 1.62. The van der Waals surface area contributed by atoms with Gasteiger partial charge in [-0.1, -0.05) is 6.92 Å². The van der Waals surface area contributed by atoms with Crippen molar-refractivity contribution in [3.05, 3.63) is 60.7 Å². The van der Waals surface area contributed by atoms with Crippen molar-refractivity contribution in [2.45, 2.75) is 13.3 Å². The fourth-order valence-corrected chi connectivity index (χ4v) is 3.17. The predicted molar refractivity (Wildman–Crippen MR) is 129 cm³/mol. The van der Waals surface area contributed by atoms with Crippen LogP contribution in [0.1, 0.15) is 13.3 Å². The van der Waals surface area contributed by atoms with Crippen LogP contribution in [0, 0.1) is 0 Å². The summed E-state index contributed by atoms with van der Waals surface area (Å²) in [4.78, 5) is 12.1. The van der Waals surface area contributed by atoms with E-state index >= 15 is 0 Å². The largest absolute Gasteiger partial charge is 0.497 e. The quantitative estimate of drug-likeness (QED) is 0.310. The molecule has 0 radical (unpaired) electrons. The van der Waals surface area contributed by atoms with E-state index in [0.717, 1.165) is 23.5 Å². The first kappa shape index (κ1) is 23.8. The first-order chi connectivity index (χ1) is 17.2. The SMILES string of the molecule is CCCOc1ccc(OCC(=O)NCCOc2ccc3nnc(-c4ccc(OC)cc4)n3n2)cc1. The second-order valence-electron chi connectivity index (χ2n) is 7.50. The van der Waals surface area contributed by atoms with E-state index in [2.05, 4.69) is 20.6 Å². The van der Waals surface area contributed by atoms with Gasteiger partial charge in [0, 0.05) is 11.6 Å². The van der Waals surface area contributed by atoms with Crippen molar-refractivity contribution in [3.8, 4) is 34.5 Å². The number of carbonyl (C=O) groups is 1. The van der Waals surface area contributed by atoms with Gasteiger partial charge in [0.25, 0.3) is 5.91 Å². The van der Waals surface area contributed by atoms with Gasteiger partial charge in [0.15, 0.2) is 18.1 Å². The number of amides is 1. The number of aromatic nitrogens is 4. The minimum atomic E-state index is -0.246. The van der Waals surface area contributed by atoms with Crippen molar-refractivity contribution < 1.29 is 23.7 Å². The molecular weight excluding hydrogens is 450 g/mol. The smallest absolute Gasteiger partial charge is 0.258 e. The molecule has 1 amide bonds. The number of nitrogens with one attached hydrogen (secondary N) is 1. The van der Waals surface area contributed by atoms with E-state index < -0.39 is 0 Å². The molecule has 4 rings (SSSR count). The third kappa shape index (κ3) is 6.38. The number of rotatable bonds is 12. The van der Waals surface area contributed by atoms with E-state index in [1.54, 1.807) is 35.9 Å². The van der Waals surface area contributed by atoms with Gasteiger partial charge in [-0.3, -0.25) is 4.79 Å². The molecule has 35 heavy (non-hydrogen) atoms. The van der Waals surface area contributed by atoms with E-state index in [4.69, 9.17) is 18.9 Å². The standard InChI is InChI=1S/C25H27N5O5/c1-3-15-33-20-8-10-21(11-9-20)35-17-23(31)26-14-16-34-24-13-12-22-27-28-25(30(22)29-24)18-4-6-19(32-2)7-5-18/h4-13H,3,14-17H2,1-2H3,(H,26,31).